The second-order valence-electron chi connectivity index (χ2n) is 7.34. The van der Waals surface area contributed by atoms with E-state index >= 15 is 0 Å². The van der Waals surface area contributed by atoms with Crippen molar-refractivity contribution in [1.29, 1.82) is 0 Å². The van der Waals surface area contributed by atoms with E-state index in [-0.39, 0.29) is 8.85 Å². The fraction of sp³-hybridized carbons (Fsp3) is 0.619. The van der Waals surface area contributed by atoms with Crippen LogP contribution in [0.1, 0.15) is 71.8 Å². The van der Waals surface area contributed by atoms with Gasteiger partial charge in [-0.3, -0.25) is 0 Å². The predicted molar refractivity (Wildman–Crippen MR) is 96.4 cm³/mol. The van der Waals surface area contributed by atoms with Crippen LogP contribution < -0.4 is 0 Å². The van der Waals surface area contributed by atoms with Crippen molar-refractivity contribution in [3.63, 3.8) is 0 Å². The minimum absolute atomic E-state index is 0. The second kappa shape index (κ2) is 7.59. The van der Waals surface area contributed by atoms with Gasteiger partial charge in [0.05, 0.1) is 0 Å². The van der Waals surface area contributed by atoms with Crippen LogP contribution in [-0.4, -0.2) is 0 Å². The van der Waals surface area contributed by atoms with Crippen molar-refractivity contribution in [2.75, 3.05) is 0 Å². The number of benzene rings is 1. The molecule has 1 fully saturated rings. The molecule has 0 bridgehead atoms. The Hall–Kier alpha value is -1.18. The van der Waals surface area contributed by atoms with Crippen molar-refractivity contribution in [3.8, 4) is 0 Å². The molecule has 0 aromatic heterocycles. The van der Waals surface area contributed by atoms with Crippen LogP contribution in [0, 0.1) is 36.3 Å². The standard InChI is InChI=1S/C20H26F2.CH4.H2/c1-13-3-6-15(7-4-13)16-8-10-17(11-9-16)18-12-5-14(2)19(21)20(18)22;;/h5,10,12-13,15-16H,3-4,6-9,11H2,1-2H3;1H4;1H. The molecule has 1 aromatic carbocycles. The average Bonchev–Trinajstić information content (AvgIpc) is 2.54. The van der Waals surface area contributed by atoms with Crippen LogP contribution in [0.3, 0.4) is 0 Å². The number of halogens is 2. The molecule has 0 heterocycles. The van der Waals surface area contributed by atoms with Crippen molar-refractivity contribution >= 4 is 5.57 Å². The normalized spacial score (nSPS) is 28.0. The van der Waals surface area contributed by atoms with Crippen molar-refractivity contribution < 1.29 is 10.2 Å². The first kappa shape index (κ1) is 18.2. The Labute approximate surface area is 141 Å². The monoisotopic (exact) mass is 322 g/mol. The lowest BCUT2D eigenvalue weighted by atomic mass is 9.71. The van der Waals surface area contributed by atoms with Gasteiger partial charge in [0, 0.05) is 6.99 Å². The van der Waals surface area contributed by atoms with Crippen LogP contribution in [0.2, 0.25) is 0 Å². The largest absolute Gasteiger partial charge is 0.203 e. The maximum atomic E-state index is 14.1. The Balaban J connectivity index is 0.00000144. The number of aryl methyl sites for hydroxylation is 1. The number of allylic oxidation sites excluding steroid dienone is 2. The fourth-order valence-electron chi connectivity index (χ4n) is 4.18. The van der Waals surface area contributed by atoms with Crippen LogP contribution in [-0.2, 0) is 0 Å². The Morgan fingerprint density at radius 2 is 1.65 bits per heavy atom. The predicted octanol–water partition coefficient (Wildman–Crippen LogP) is 7.17. The highest BCUT2D eigenvalue weighted by atomic mass is 19.2. The summed E-state index contributed by atoms with van der Waals surface area (Å²) in [6.45, 7) is 3.96. The van der Waals surface area contributed by atoms with Crippen molar-refractivity contribution in [2.45, 2.75) is 66.2 Å². The van der Waals surface area contributed by atoms with Crippen molar-refractivity contribution in [2.24, 2.45) is 17.8 Å². The first-order chi connectivity index (χ1) is 10.6. The summed E-state index contributed by atoms with van der Waals surface area (Å²) in [7, 11) is 0. The SMILES string of the molecule is C.Cc1ccc(C2=CCC(C3CCC(C)CC3)CC2)c(F)c1F.[HH]. The molecule has 0 radical (unpaired) electrons. The number of rotatable bonds is 2. The minimum atomic E-state index is -0.693. The quantitative estimate of drug-likeness (QED) is 0.541. The Kier molecular flexibility index (Phi) is 6.00. The second-order valence-corrected chi connectivity index (χ2v) is 7.34. The van der Waals surface area contributed by atoms with Crippen LogP contribution in [0.5, 0.6) is 0 Å². The zero-order valence-electron chi connectivity index (χ0n) is 13.7. The van der Waals surface area contributed by atoms with Gasteiger partial charge >= 0.3 is 0 Å². The van der Waals surface area contributed by atoms with Crippen molar-refractivity contribution in [1.82, 2.24) is 0 Å². The van der Waals surface area contributed by atoms with Gasteiger partial charge in [-0.1, -0.05) is 45.4 Å². The van der Waals surface area contributed by atoms with E-state index in [1.54, 1.807) is 19.1 Å². The van der Waals surface area contributed by atoms with Gasteiger partial charge in [0.1, 0.15) is 0 Å². The third-order valence-corrected chi connectivity index (χ3v) is 5.80. The van der Waals surface area contributed by atoms with Gasteiger partial charge in [0.15, 0.2) is 11.6 Å². The lowest BCUT2D eigenvalue weighted by Gasteiger charge is -2.34. The Morgan fingerprint density at radius 3 is 2.26 bits per heavy atom. The number of hydrogen-bond donors (Lipinski definition) is 0. The summed E-state index contributed by atoms with van der Waals surface area (Å²) >= 11 is 0. The smallest absolute Gasteiger partial charge is 0.166 e. The summed E-state index contributed by atoms with van der Waals surface area (Å²) in [4.78, 5) is 0. The molecule has 1 saturated carbocycles. The molecule has 0 amide bonds. The maximum Gasteiger partial charge on any atom is 0.166 e. The lowest BCUT2D eigenvalue weighted by Crippen LogP contribution is -2.22. The highest BCUT2D eigenvalue weighted by molar-refractivity contribution is 5.67. The van der Waals surface area contributed by atoms with E-state index in [0.717, 1.165) is 42.6 Å². The molecule has 1 aromatic rings. The Morgan fingerprint density at radius 1 is 0.957 bits per heavy atom. The highest BCUT2D eigenvalue weighted by Crippen LogP contribution is 2.41. The van der Waals surface area contributed by atoms with E-state index in [1.165, 1.54) is 25.7 Å². The molecule has 1 atom stereocenters. The zero-order valence-corrected chi connectivity index (χ0v) is 13.7. The molecular weight excluding hydrogens is 290 g/mol. The van der Waals surface area contributed by atoms with Gasteiger partial charge in [0.2, 0.25) is 0 Å². The topological polar surface area (TPSA) is 0 Å². The molecule has 0 saturated heterocycles. The summed E-state index contributed by atoms with van der Waals surface area (Å²) < 4.78 is 27.9. The van der Waals surface area contributed by atoms with Gasteiger partial charge in [0.25, 0.3) is 0 Å². The van der Waals surface area contributed by atoms with E-state index in [4.69, 9.17) is 0 Å². The first-order valence-corrected chi connectivity index (χ1v) is 8.70. The molecule has 0 aliphatic heterocycles. The molecular formula is C21H32F2. The number of hydrogen-bond acceptors (Lipinski definition) is 0. The third kappa shape index (κ3) is 3.84. The van der Waals surface area contributed by atoms with E-state index in [1.807, 2.05) is 0 Å². The van der Waals surface area contributed by atoms with E-state index in [2.05, 4.69) is 13.0 Å². The fourth-order valence-corrected chi connectivity index (χ4v) is 4.18. The van der Waals surface area contributed by atoms with Gasteiger partial charge in [-0.15, -0.1) is 0 Å². The minimum Gasteiger partial charge on any atom is -0.203 e. The molecule has 2 aliphatic rings. The molecule has 2 aliphatic carbocycles. The molecule has 0 spiro atoms. The average molecular weight is 322 g/mol. The van der Waals surface area contributed by atoms with Crippen LogP contribution in [0.25, 0.3) is 5.57 Å². The molecule has 1 unspecified atom stereocenters. The maximum absolute atomic E-state index is 14.1. The van der Waals surface area contributed by atoms with Crippen LogP contribution in [0.15, 0.2) is 18.2 Å². The van der Waals surface area contributed by atoms with Crippen LogP contribution >= 0.6 is 0 Å². The molecule has 2 heteroatoms. The van der Waals surface area contributed by atoms with Gasteiger partial charge in [-0.05, 0) is 67.9 Å². The highest BCUT2D eigenvalue weighted by Gasteiger charge is 2.28. The summed E-state index contributed by atoms with van der Waals surface area (Å²) in [6, 6.07) is 3.42. The van der Waals surface area contributed by atoms with E-state index in [9.17, 15) is 8.78 Å². The summed E-state index contributed by atoms with van der Waals surface area (Å²) in [5.41, 5.74) is 1.85. The summed E-state index contributed by atoms with van der Waals surface area (Å²) in [5.74, 6) is 1.11. The van der Waals surface area contributed by atoms with Gasteiger partial charge in [-0.2, -0.15) is 0 Å². The molecule has 23 heavy (non-hydrogen) atoms. The molecule has 3 rings (SSSR count). The lowest BCUT2D eigenvalue weighted by molar-refractivity contribution is 0.202. The van der Waals surface area contributed by atoms with Gasteiger partial charge < -0.3 is 0 Å². The van der Waals surface area contributed by atoms with Crippen LogP contribution in [0.4, 0.5) is 8.78 Å². The van der Waals surface area contributed by atoms with Crippen molar-refractivity contribution in [3.05, 3.63) is 41.0 Å². The molecule has 0 N–H and O–H groups in total. The summed E-state index contributed by atoms with van der Waals surface area (Å²) in [5, 5.41) is 0. The van der Waals surface area contributed by atoms with E-state index in [0.29, 0.717) is 11.1 Å². The summed E-state index contributed by atoms with van der Waals surface area (Å²) in [6.07, 6.45) is 10.6. The molecule has 0 nitrogen and oxygen atoms in total. The van der Waals surface area contributed by atoms with E-state index < -0.39 is 11.6 Å². The third-order valence-electron chi connectivity index (χ3n) is 5.80. The van der Waals surface area contributed by atoms with Gasteiger partial charge in [-0.25, -0.2) is 8.78 Å². The molecule has 130 valence electrons. The Bertz CT molecular complexity index is 571. The first-order valence-electron chi connectivity index (χ1n) is 8.70. The zero-order chi connectivity index (χ0) is 15.7.